The third kappa shape index (κ3) is 5.02. The zero-order valence-corrected chi connectivity index (χ0v) is 12.2. The summed E-state index contributed by atoms with van der Waals surface area (Å²) in [5, 5.41) is 0.733. The number of rotatable bonds is 6. The van der Waals surface area contributed by atoms with Gasteiger partial charge in [0.25, 0.3) is 0 Å². The molecule has 100 valence electrons. The second kappa shape index (κ2) is 7.84. The van der Waals surface area contributed by atoms with Crippen molar-refractivity contribution in [3.05, 3.63) is 28.0 Å². The quantitative estimate of drug-likeness (QED) is 0.646. The minimum absolute atomic E-state index is 0.337. The van der Waals surface area contributed by atoms with Gasteiger partial charge in [-0.15, -0.1) is 0 Å². The first-order chi connectivity index (χ1) is 8.54. The molecule has 0 aliphatic carbocycles. The molecule has 0 radical (unpaired) electrons. The number of esters is 1. The van der Waals surface area contributed by atoms with Crippen LogP contribution in [0.4, 0.5) is 0 Å². The van der Waals surface area contributed by atoms with Crippen LogP contribution in [-0.4, -0.2) is 29.4 Å². The van der Waals surface area contributed by atoms with E-state index >= 15 is 0 Å². The van der Waals surface area contributed by atoms with Gasteiger partial charge in [0.05, 0.1) is 6.61 Å². The number of nitrogens with two attached hydrogens (primary N) is 1. The van der Waals surface area contributed by atoms with E-state index in [9.17, 15) is 4.79 Å². The Morgan fingerprint density at radius 2 is 2.28 bits per heavy atom. The summed E-state index contributed by atoms with van der Waals surface area (Å²) < 4.78 is 4.81. The van der Waals surface area contributed by atoms with Crippen molar-refractivity contribution in [3.8, 4) is 0 Å². The van der Waals surface area contributed by atoms with Crippen LogP contribution >= 0.6 is 35.0 Å². The second-order valence-corrected chi connectivity index (χ2v) is 5.23. The number of hydrogen-bond acceptors (Lipinski definition) is 5. The Morgan fingerprint density at radius 3 is 2.89 bits per heavy atom. The Hall–Kier alpha value is -0.490. The molecule has 18 heavy (non-hydrogen) atoms. The fourth-order valence-electron chi connectivity index (χ4n) is 1.16. The van der Waals surface area contributed by atoms with E-state index in [1.54, 1.807) is 19.1 Å². The topological polar surface area (TPSA) is 65.2 Å². The predicted molar refractivity (Wildman–Crippen MR) is 75.0 cm³/mol. The second-order valence-electron chi connectivity index (χ2n) is 3.46. The monoisotopic (exact) mass is 308 g/mol. The summed E-state index contributed by atoms with van der Waals surface area (Å²) in [7, 11) is 0. The number of carbonyl (C=O) groups is 1. The van der Waals surface area contributed by atoms with Crippen LogP contribution in [0, 0.1) is 0 Å². The molecule has 1 atom stereocenters. The normalized spacial score (nSPS) is 12.2. The van der Waals surface area contributed by atoms with Crippen molar-refractivity contribution in [2.45, 2.75) is 18.7 Å². The molecule has 2 N–H and O–H groups in total. The van der Waals surface area contributed by atoms with Crippen LogP contribution < -0.4 is 5.73 Å². The molecule has 0 saturated heterocycles. The van der Waals surface area contributed by atoms with Gasteiger partial charge in [-0.2, -0.15) is 11.8 Å². The standard InChI is InChI=1S/C11H14Cl2N2O2S/c1-2-17-11(16)8(14)6-18-5-7-3-4-9(12)15-10(7)13/h3-4,8H,2,5-6,14H2,1H3. The lowest BCUT2D eigenvalue weighted by molar-refractivity contribution is -0.144. The number of carbonyl (C=O) groups excluding carboxylic acids is 1. The molecule has 1 aromatic heterocycles. The molecule has 1 rings (SSSR count). The summed E-state index contributed by atoms with van der Waals surface area (Å²) in [6.45, 7) is 2.08. The molecule has 0 spiro atoms. The molecule has 0 aromatic carbocycles. The third-order valence-electron chi connectivity index (χ3n) is 2.04. The van der Waals surface area contributed by atoms with E-state index in [0.717, 1.165) is 5.56 Å². The van der Waals surface area contributed by atoms with Crippen molar-refractivity contribution in [1.29, 1.82) is 0 Å². The Bertz CT molecular complexity index is 418. The van der Waals surface area contributed by atoms with Gasteiger partial charge in [0.15, 0.2) is 0 Å². The van der Waals surface area contributed by atoms with Gasteiger partial charge >= 0.3 is 5.97 Å². The number of hydrogen-bond donors (Lipinski definition) is 1. The van der Waals surface area contributed by atoms with Crippen molar-refractivity contribution >= 4 is 40.9 Å². The number of ether oxygens (including phenoxy) is 1. The molecule has 1 unspecified atom stereocenters. The zero-order valence-electron chi connectivity index (χ0n) is 9.86. The first-order valence-corrected chi connectivity index (χ1v) is 7.26. The lowest BCUT2D eigenvalue weighted by Crippen LogP contribution is -2.34. The fraction of sp³-hybridized carbons (Fsp3) is 0.455. The number of thioether (sulfide) groups is 1. The molecular weight excluding hydrogens is 295 g/mol. The lowest BCUT2D eigenvalue weighted by atomic mass is 10.3. The molecular formula is C11H14Cl2N2O2S. The number of nitrogens with zero attached hydrogens (tertiary/aromatic N) is 1. The van der Waals surface area contributed by atoms with E-state index in [4.69, 9.17) is 33.7 Å². The van der Waals surface area contributed by atoms with Crippen LogP contribution in [0.2, 0.25) is 10.3 Å². The molecule has 4 nitrogen and oxygen atoms in total. The van der Waals surface area contributed by atoms with Gasteiger partial charge in [-0.1, -0.05) is 29.3 Å². The van der Waals surface area contributed by atoms with Gasteiger partial charge < -0.3 is 10.5 Å². The molecule has 0 aliphatic rings. The highest BCUT2D eigenvalue weighted by Gasteiger charge is 2.14. The molecule has 0 amide bonds. The summed E-state index contributed by atoms with van der Waals surface area (Å²) in [6.07, 6.45) is 0. The van der Waals surface area contributed by atoms with E-state index in [1.165, 1.54) is 11.8 Å². The maximum absolute atomic E-state index is 11.3. The highest BCUT2D eigenvalue weighted by molar-refractivity contribution is 7.98. The van der Waals surface area contributed by atoms with Gasteiger partial charge in [0.2, 0.25) is 0 Å². The molecule has 1 heterocycles. The maximum atomic E-state index is 11.3. The first-order valence-electron chi connectivity index (χ1n) is 5.35. The summed E-state index contributed by atoms with van der Waals surface area (Å²) in [5.41, 5.74) is 6.53. The third-order valence-corrected chi connectivity index (χ3v) is 3.68. The summed E-state index contributed by atoms with van der Waals surface area (Å²) in [6, 6.07) is 2.86. The highest BCUT2D eigenvalue weighted by atomic mass is 35.5. The highest BCUT2D eigenvalue weighted by Crippen LogP contribution is 2.21. The van der Waals surface area contributed by atoms with Crippen LogP contribution in [0.25, 0.3) is 0 Å². The van der Waals surface area contributed by atoms with E-state index < -0.39 is 6.04 Å². The van der Waals surface area contributed by atoms with Gasteiger partial charge in [0, 0.05) is 11.5 Å². The summed E-state index contributed by atoms with van der Waals surface area (Å²) >= 11 is 13.1. The van der Waals surface area contributed by atoms with Crippen LogP contribution in [0.1, 0.15) is 12.5 Å². The van der Waals surface area contributed by atoms with E-state index in [0.29, 0.717) is 28.4 Å². The average molecular weight is 309 g/mol. The average Bonchev–Trinajstić information content (AvgIpc) is 2.32. The number of aromatic nitrogens is 1. The smallest absolute Gasteiger partial charge is 0.323 e. The van der Waals surface area contributed by atoms with Crippen molar-refractivity contribution in [2.24, 2.45) is 5.73 Å². The maximum Gasteiger partial charge on any atom is 0.323 e. The van der Waals surface area contributed by atoms with Crippen LogP contribution in [0.5, 0.6) is 0 Å². The van der Waals surface area contributed by atoms with Crippen LogP contribution in [0.3, 0.4) is 0 Å². The molecule has 0 fully saturated rings. The van der Waals surface area contributed by atoms with Crippen molar-refractivity contribution in [3.63, 3.8) is 0 Å². The summed E-state index contributed by atoms with van der Waals surface area (Å²) in [4.78, 5) is 15.2. The Balaban J connectivity index is 2.39. The molecule has 1 aromatic rings. The minimum Gasteiger partial charge on any atom is -0.465 e. The largest absolute Gasteiger partial charge is 0.465 e. The number of pyridine rings is 1. The summed E-state index contributed by atoms with van der Waals surface area (Å²) in [5.74, 6) is 0.707. The minimum atomic E-state index is -0.617. The SMILES string of the molecule is CCOC(=O)C(N)CSCc1ccc(Cl)nc1Cl. The van der Waals surface area contributed by atoms with Crippen molar-refractivity contribution in [2.75, 3.05) is 12.4 Å². The Labute approximate surface area is 120 Å². The fourth-order valence-corrected chi connectivity index (χ4v) is 2.61. The van der Waals surface area contributed by atoms with Crippen LogP contribution in [-0.2, 0) is 15.3 Å². The van der Waals surface area contributed by atoms with Gasteiger partial charge in [-0.25, -0.2) is 4.98 Å². The van der Waals surface area contributed by atoms with Gasteiger partial charge in [0.1, 0.15) is 16.3 Å². The zero-order chi connectivity index (χ0) is 13.5. The Kier molecular flexibility index (Phi) is 6.78. The van der Waals surface area contributed by atoms with Gasteiger partial charge in [-0.3, -0.25) is 4.79 Å². The van der Waals surface area contributed by atoms with E-state index in [2.05, 4.69) is 4.98 Å². The van der Waals surface area contributed by atoms with Gasteiger partial charge in [-0.05, 0) is 18.6 Å². The van der Waals surface area contributed by atoms with E-state index in [-0.39, 0.29) is 5.97 Å². The lowest BCUT2D eigenvalue weighted by Gasteiger charge is -2.10. The molecule has 0 aliphatic heterocycles. The first kappa shape index (κ1) is 15.6. The molecule has 7 heteroatoms. The molecule has 0 saturated carbocycles. The van der Waals surface area contributed by atoms with E-state index in [1.807, 2.05) is 0 Å². The Morgan fingerprint density at radius 1 is 1.56 bits per heavy atom. The number of halogens is 2. The van der Waals surface area contributed by atoms with Crippen molar-refractivity contribution < 1.29 is 9.53 Å². The molecule has 0 bridgehead atoms. The predicted octanol–water partition coefficient (Wildman–Crippen LogP) is 2.51. The van der Waals surface area contributed by atoms with Crippen LogP contribution in [0.15, 0.2) is 12.1 Å². The van der Waals surface area contributed by atoms with Crippen molar-refractivity contribution in [1.82, 2.24) is 4.98 Å².